The van der Waals surface area contributed by atoms with Gasteiger partial charge in [0.25, 0.3) is 6.01 Å². The summed E-state index contributed by atoms with van der Waals surface area (Å²) < 4.78 is 5.81. The molecule has 2 aliphatic heterocycles. The monoisotopic (exact) mass is 357 g/mol. The van der Waals surface area contributed by atoms with Gasteiger partial charge in [0.2, 0.25) is 5.91 Å². The van der Waals surface area contributed by atoms with Crippen LogP contribution in [0.2, 0.25) is 0 Å². The third-order valence-electron chi connectivity index (χ3n) is 5.70. The third-order valence-corrected chi connectivity index (χ3v) is 5.70. The van der Waals surface area contributed by atoms with Crippen LogP contribution in [0.4, 0.5) is 6.01 Å². The molecule has 1 amide bonds. The Morgan fingerprint density at radius 3 is 2.62 bits per heavy atom. The quantitative estimate of drug-likeness (QED) is 0.907. The number of aliphatic carboxylic acids is 1. The highest BCUT2D eigenvalue weighted by Gasteiger charge is 2.43. The Bertz CT molecular complexity index is 807. The summed E-state index contributed by atoms with van der Waals surface area (Å²) in [6.45, 7) is 4.00. The molecule has 0 saturated carbocycles. The lowest BCUT2D eigenvalue weighted by Crippen LogP contribution is -2.43. The van der Waals surface area contributed by atoms with Gasteiger partial charge in [-0.15, -0.1) is 0 Å². The van der Waals surface area contributed by atoms with Gasteiger partial charge in [-0.2, -0.15) is 4.98 Å². The Morgan fingerprint density at radius 1 is 1.23 bits per heavy atom. The number of amides is 1. The first kappa shape index (κ1) is 16.9. The highest BCUT2D eigenvalue weighted by molar-refractivity contribution is 5.82. The summed E-state index contributed by atoms with van der Waals surface area (Å²) in [5.74, 6) is -0.780. The predicted molar refractivity (Wildman–Crippen MR) is 95.9 cm³/mol. The van der Waals surface area contributed by atoms with Crippen LogP contribution in [-0.4, -0.2) is 53.0 Å². The van der Waals surface area contributed by atoms with Crippen molar-refractivity contribution in [3.8, 4) is 0 Å². The number of piperidine rings is 1. The van der Waals surface area contributed by atoms with Crippen LogP contribution in [0.5, 0.6) is 0 Å². The molecule has 138 valence electrons. The number of para-hydroxylation sites is 2. The average molecular weight is 357 g/mol. The molecule has 2 aromatic rings. The Morgan fingerprint density at radius 2 is 1.96 bits per heavy atom. The highest BCUT2D eigenvalue weighted by Crippen LogP contribution is 2.33. The van der Waals surface area contributed by atoms with Crippen LogP contribution in [0.1, 0.15) is 26.2 Å². The second kappa shape index (κ2) is 6.30. The number of carbonyl (C=O) groups excluding carboxylic acids is 1. The number of benzene rings is 1. The van der Waals surface area contributed by atoms with Gasteiger partial charge >= 0.3 is 5.97 Å². The van der Waals surface area contributed by atoms with Crippen LogP contribution >= 0.6 is 0 Å². The van der Waals surface area contributed by atoms with Crippen molar-refractivity contribution in [2.45, 2.75) is 26.2 Å². The van der Waals surface area contributed by atoms with Crippen LogP contribution in [0.25, 0.3) is 11.1 Å². The standard InChI is InChI=1S/C19H23N3O4/c1-19(17(24)25)8-11-22(12-19)16(23)13-6-9-21(10-7-13)18-20-14-4-2-3-5-15(14)26-18/h2-5,13H,6-12H2,1H3,(H,24,25)/t19-/m1/s1. The summed E-state index contributed by atoms with van der Waals surface area (Å²) in [7, 11) is 0. The van der Waals surface area contributed by atoms with Gasteiger partial charge in [-0.3, -0.25) is 9.59 Å². The van der Waals surface area contributed by atoms with E-state index in [1.165, 1.54) is 0 Å². The maximum atomic E-state index is 12.8. The lowest BCUT2D eigenvalue weighted by Gasteiger charge is -2.32. The topological polar surface area (TPSA) is 86.9 Å². The first-order chi connectivity index (χ1) is 12.5. The number of fused-ring (bicyclic) bond motifs is 1. The van der Waals surface area contributed by atoms with Crippen molar-refractivity contribution in [1.29, 1.82) is 0 Å². The van der Waals surface area contributed by atoms with Crippen molar-refractivity contribution < 1.29 is 19.1 Å². The number of anilines is 1. The van der Waals surface area contributed by atoms with E-state index in [-0.39, 0.29) is 11.8 Å². The molecule has 1 atom stereocenters. The number of aromatic nitrogens is 1. The summed E-state index contributed by atoms with van der Waals surface area (Å²) in [4.78, 5) is 32.5. The van der Waals surface area contributed by atoms with E-state index in [1.807, 2.05) is 24.3 Å². The number of likely N-dealkylation sites (tertiary alicyclic amines) is 1. The molecule has 2 fully saturated rings. The first-order valence-electron chi connectivity index (χ1n) is 9.09. The first-order valence-corrected chi connectivity index (χ1v) is 9.09. The fourth-order valence-corrected chi connectivity index (χ4v) is 3.89. The molecule has 3 heterocycles. The minimum Gasteiger partial charge on any atom is -0.481 e. The van der Waals surface area contributed by atoms with Gasteiger partial charge in [0.1, 0.15) is 5.52 Å². The number of carbonyl (C=O) groups is 2. The Balaban J connectivity index is 1.37. The molecular formula is C19H23N3O4. The van der Waals surface area contributed by atoms with E-state index in [0.29, 0.717) is 38.6 Å². The molecule has 0 aliphatic carbocycles. The Kier molecular flexibility index (Phi) is 4.09. The van der Waals surface area contributed by atoms with Crippen molar-refractivity contribution in [2.75, 3.05) is 31.1 Å². The van der Waals surface area contributed by atoms with E-state index in [1.54, 1.807) is 11.8 Å². The minimum atomic E-state index is -0.821. The van der Waals surface area contributed by atoms with Crippen LogP contribution < -0.4 is 4.90 Å². The molecule has 7 heteroatoms. The molecule has 26 heavy (non-hydrogen) atoms. The molecule has 0 radical (unpaired) electrons. The van der Waals surface area contributed by atoms with Crippen molar-refractivity contribution in [3.05, 3.63) is 24.3 Å². The predicted octanol–water partition coefficient (Wildman–Crippen LogP) is 2.37. The van der Waals surface area contributed by atoms with E-state index in [4.69, 9.17) is 4.42 Å². The molecule has 1 aromatic heterocycles. The minimum absolute atomic E-state index is 0.0493. The zero-order valence-corrected chi connectivity index (χ0v) is 14.9. The number of oxazole rings is 1. The van der Waals surface area contributed by atoms with E-state index in [9.17, 15) is 14.7 Å². The van der Waals surface area contributed by atoms with Gasteiger partial charge in [0, 0.05) is 32.1 Å². The van der Waals surface area contributed by atoms with Crippen molar-refractivity contribution in [1.82, 2.24) is 9.88 Å². The molecule has 0 bridgehead atoms. The molecule has 2 saturated heterocycles. The van der Waals surface area contributed by atoms with Gasteiger partial charge in [-0.05, 0) is 38.3 Å². The number of hydrogen-bond donors (Lipinski definition) is 1. The van der Waals surface area contributed by atoms with Crippen molar-refractivity contribution >= 4 is 29.0 Å². The Hall–Kier alpha value is -2.57. The number of carboxylic acids is 1. The normalized spacial score (nSPS) is 24.3. The molecule has 7 nitrogen and oxygen atoms in total. The number of nitrogens with zero attached hydrogens (tertiary/aromatic N) is 3. The summed E-state index contributed by atoms with van der Waals surface area (Å²) in [5, 5.41) is 9.34. The molecular weight excluding hydrogens is 334 g/mol. The molecule has 1 aromatic carbocycles. The summed E-state index contributed by atoms with van der Waals surface area (Å²) in [5.41, 5.74) is 0.797. The lowest BCUT2D eigenvalue weighted by molar-refractivity contribution is -0.147. The average Bonchev–Trinajstić information content (AvgIpc) is 3.26. The number of carboxylic acid groups (broad SMARTS) is 1. The lowest BCUT2D eigenvalue weighted by atomic mass is 9.90. The number of rotatable bonds is 3. The largest absolute Gasteiger partial charge is 0.481 e. The molecule has 1 N–H and O–H groups in total. The Labute approximate surface area is 151 Å². The van der Waals surface area contributed by atoms with Gasteiger partial charge in [0.05, 0.1) is 5.41 Å². The second-order valence-corrected chi connectivity index (χ2v) is 7.60. The van der Waals surface area contributed by atoms with Crippen molar-refractivity contribution in [3.63, 3.8) is 0 Å². The fraction of sp³-hybridized carbons (Fsp3) is 0.526. The maximum Gasteiger partial charge on any atom is 0.311 e. The summed E-state index contributed by atoms with van der Waals surface area (Å²) in [6, 6.07) is 8.28. The zero-order valence-electron chi connectivity index (χ0n) is 14.9. The molecule has 0 unspecified atom stereocenters. The van der Waals surface area contributed by atoms with Gasteiger partial charge in [0.15, 0.2) is 5.58 Å². The smallest absolute Gasteiger partial charge is 0.311 e. The van der Waals surface area contributed by atoms with Crippen molar-refractivity contribution in [2.24, 2.45) is 11.3 Å². The summed E-state index contributed by atoms with van der Waals surface area (Å²) in [6.07, 6.45) is 1.99. The summed E-state index contributed by atoms with van der Waals surface area (Å²) >= 11 is 0. The third kappa shape index (κ3) is 2.91. The van der Waals surface area contributed by atoms with Crippen LogP contribution in [-0.2, 0) is 9.59 Å². The van der Waals surface area contributed by atoms with Gasteiger partial charge in [-0.25, -0.2) is 0 Å². The van der Waals surface area contributed by atoms with Gasteiger partial charge < -0.3 is 19.3 Å². The molecule has 0 spiro atoms. The van der Waals surface area contributed by atoms with E-state index < -0.39 is 11.4 Å². The van der Waals surface area contributed by atoms with E-state index >= 15 is 0 Å². The second-order valence-electron chi connectivity index (χ2n) is 7.60. The fourth-order valence-electron chi connectivity index (χ4n) is 3.89. The SMILES string of the molecule is C[C@@]1(C(=O)O)CCN(C(=O)C2CCN(c3nc4ccccc4o3)CC2)C1. The van der Waals surface area contributed by atoms with Gasteiger partial charge in [-0.1, -0.05) is 12.1 Å². The number of hydrogen-bond acceptors (Lipinski definition) is 5. The highest BCUT2D eigenvalue weighted by atomic mass is 16.4. The van der Waals surface area contributed by atoms with E-state index in [2.05, 4.69) is 9.88 Å². The van der Waals surface area contributed by atoms with E-state index in [0.717, 1.165) is 23.9 Å². The van der Waals surface area contributed by atoms with Crippen LogP contribution in [0.15, 0.2) is 28.7 Å². The van der Waals surface area contributed by atoms with Crippen LogP contribution in [0, 0.1) is 11.3 Å². The maximum absolute atomic E-state index is 12.8. The molecule has 4 rings (SSSR count). The zero-order chi connectivity index (χ0) is 18.3. The van der Waals surface area contributed by atoms with Crippen LogP contribution in [0.3, 0.4) is 0 Å². The molecule has 2 aliphatic rings.